The number of hydrogen-bond acceptors (Lipinski definition) is 1. The summed E-state index contributed by atoms with van der Waals surface area (Å²) in [5, 5.41) is 6.00. The first-order chi connectivity index (χ1) is 16.7. The van der Waals surface area contributed by atoms with Crippen molar-refractivity contribution in [1.29, 1.82) is 0 Å². The first-order valence-electron chi connectivity index (χ1n) is 12.9. The number of benzene rings is 1. The summed E-state index contributed by atoms with van der Waals surface area (Å²) in [7, 11) is -2.64. The molecule has 0 bridgehead atoms. The highest BCUT2D eigenvalue weighted by molar-refractivity contribution is 7.85. The van der Waals surface area contributed by atoms with Crippen molar-refractivity contribution in [2.45, 2.75) is 39.0 Å². The summed E-state index contributed by atoms with van der Waals surface area (Å²) in [6.07, 6.45) is 29.9. The van der Waals surface area contributed by atoms with Crippen LogP contribution in [0, 0.1) is 23.7 Å². The molecule has 5 aliphatic carbocycles. The van der Waals surface area contributed by atoms with Crippen molar-refractivity contribution in [3.05, 3.63) is 112 Å². The summed E-state index contributed by atoms with van der Waals surface area (Å²) in [6, 6.07) is 6.88. The summed E-state index contributed by atoms with van der Waals surface area (Å²) < 4.78 is 0. The molecule has 0 saturated heterocycles. The molecule has 0 spiro atoms. The van der Waals surface area contributed by atoms with Crippen molar-refractivity contribution in [2.75, 3.05) is 0 Å². The maximum atomic E-state index is 12.4. The Labute approximate surface area is 204 Å². The summed E-state index contributed by atoms with van der Waals surface area (Å²) in [6.45, 7) is 6.09. The SMILES string of the molecule is C=CC=C(CC)[P+](O)(C1=CCCC=C1)c1ccc2c(c1)=CCC1C3=CC=CC4C=CCC(C=21)C34. The smallest absolute Gasteiger partial charge is 0.234 e. The van der Waals surface area contributed by atoms with Gasteiger partial charge in [-0.25, -0.2) is 4.89 Å². The van der Waals surface area contributed by atoms with Gasteiger partial charge in [-0.3, -0.25) is 0 Å². The fourth-order valence-electron chi connectivity index (χ4n) is 7.06. The minimum Gasteiger partial charge on any atom is -0.235 e. The van der Waals surface area contributed by atoms with Crippen LogP contribution in [0.5, 0.6) is 0 Å². The minimum atomic E-state index is -2.64. The molecule has 1 saturated carbocycles. The third-order valence-corrected chi connectivity index (χ3v) is 11.9. The monoisotopic (exact) mass is 465 g/mol. The lowest BCUT2D eigenvalue weighted by Gasteiger charge is -2.30. The Morgan fingerprint density at radius 3 is 2.85 bits per heavy atom. The van der Waals surface area contributed by atoms with Crippen molar-refractivity contribution in [3.8, 4) is 0 Å². The quantitative estimate of drug-likeness (QED) is 0.311. The molecule has 0 heterocycles. The van der Waals surface area contributed by atoms with E-state index in [9.17, 15) is 4.89 Å². The zero-order valence-electron chi connectivity index (χ0n) is 20.0. The lowest BCUT2D eigenvalue weighted by atomic mass is 9.73. The highest BCUT2D eigenvalue weighted by Gasteiger charge is 2.48. The van der Waals surface area contributed by atoms with Crippen LogP contribution < -0.4 is 15.7 Å². The molecular formula is C32H34OP+. The number of hydrogen-bond donors (Lipinski definition) is 1. The first-order valence-corrected chi connectivity index (χ1v) is 14.6. The Kier molecular flexibility index (Phi) is 5.59. The third kappa shape index (κ3) is 3.21. The fraction of sp³-hybridized carbons (Fsp3) is 0.312. The molecule has 5 aliphatic rings. The van der Waals surface area contributed by atoms with E-state index in [4.69, 9.17) is 0 Å². The van der Waals surface area contributed by atoms with Gasteiger partial charge in [0.2, 0.25) is 7.49 Å². The van der Waals surface area contributed by atoms with E-state index in [1.165, 1.54) is 10.4 Å². The van der Waals surface area contributed by atoms with Crippen molar-refractivity contribution < 1.29 is 4.89 Å². The van der Waals surface area contributed by atoms with Crippen LogP contribution in [-0.2, 0) is 0 Å². The highest BCUT2D eigenvalue weighted by Crippen LogP contribution is 2.69. The zero-order chi connectivity index (χ0) is 23.3. The maximum absolute atomic E-state index is 12.4. The maximum Gasteiger partial charge on any atom is 0.234 e. The molecule has 1 aromatic carbocycles. The van der Waals surface area contributed by atoms with E-state index in [1.54, 1.807) is 11.1 Å². The van der Waals surface area contributed by atoms with Crippen LogP contribution in [0.4, 0.5) is 0 Å². The Bertz CT molecular complexity index is 1350. The Morgan fingerprint density at radius 1 is 1.15 bits per heavy atom. The fourth-order valence-corrected chi connectivity index (χ4v) is 10.1. The summed E-state index contributed by atoms with van der Waals surface area (Å²) >= 11 is 0. The van der Waals surface area contributed by atoms with E-state index < -0.39 is 7.49 Å². The van der Waals surface area contributed by atoms with Gasteiger partial charge in [0.05, 0.1) is 0 Å². The first kappa shape index (κ1) is 22.0. The van der Waals surface area contributed by atoms with Crippen LogP contribution >= 0.6 is 7.49 Å². The van der Waals surface area contributed by atoms with E-state index in [0.717, 1.165) is 48.0 Å². The Morgan fingerprint density at radius 2 is 2.06 bits per heavy atom. The summed E-state index contributed by atoms with van der Waals surface area (Å²) in [5.74, 6) is 2.35. The Hall–Kier alpha value is -2.47. The predicted molar refractivity (Wildman–Crippen MR) is 147 cm³/mol. The molecule has 1 fully saturated rings. The lowest BCUT2D eigenvalue weighted by molar-refractivity contribution is 0.412. The van der Waals surface area contributed by atoms with Crippen LogP contribution in [0.25, 0.3) is 11.6 Å². The van der Waals surface area contributed by atoms with Gasteiger partial charge in [0.1, 0.15) is 15.9 Å². The molecule has 1 nitrogen and oxygen atoms in total. The molecule has 6 rings (SSSR count). The molecule has 1 aromatic rings. The molecule has 2 heteroatoms. The normalized spacial score (nSPS) is 30.4. The number of rotatable bonds is 5. The standard InChI is InChI=1S/C32H34OP/c1-3-10-24(4-2)34(33,25-13-6-5-7-14-25)26-18-20-27-23(21-26)17-19-29-28-15-8-11-22-12-9-16-30(31(22)28)32(27)29/h3,6,8-15,17-18,20-22,29-31,33H,1,4-5,7,16,19H2,2H3/q+1. The molecule has 0 radical (unpaired) electrons. The van der Waals surface area contributed by atoms with E-state index in [2.05, 4.69) is 86.4 Å². The predicted octanol–water partition coefficient (Wildman–Crippen LogP) is 6.22. The van der Waals surface area contributed by atoms with Gasteiger partial charge in [-0.05, 0) is 78.3 Å². The van der Waals surface area contributed by atoms with Crippen LogP contribution in [-0.4, -0.2) is 4.89 Å². The van der Waals surface area contributed by atoms with E-state index in [0.29, 0.717) is 23.7 Å². The van der Waals surface area contributed by atoms with Gasteiger partial charge >= 0.3 is 0 Å². The largest absolute Gasteiger partial charge is 0.235 e. The highest BCUT2D eigenvalue weighted by atomic mass is 31.2. The van der Waals surface area contributed by atoms with E-state index in [-0.39, 0.29) is 0 Å². The van der Waals surface area contributed by atoms with Crippen molar-refractivity contribution in [1.82, 2.24) is 0 Å². The molecular weight excluding hydrogens is 431 g/mol. The Balaban J connectivity index is 1.53. The van der Waals surface area contributed by atoms with Crippen LogP contribution in [0.2, 0.25) is 0 Å². The average Bonchev–Trinajstić information content (AvgIpc) is 3.23. The topological polar surface area (TPSA) is 20.2 Å². The summed E-state index contributed by atoms with van der Waals surface area (Å²) in [4.78, 5) is 12.4. The number of allylic oxidation sites excluding steroid dienone is 13. The van der Waals surface area contributed by atoms with Crippen LogP contribution in [0.15, 0.2) is 102 Å². The van der Waals surface area contributed by atoms with Gasteiger partial charge < -0.3 is 0 Å². The second-order valence-corrected chi connectivity index (χ2v) is 13.0. The van der Waals surface area contributed by atoms with Crippen molar-refractivity contribution in [2.24, 2.45) is 23.7 Å². The van der Waals surface area contributed by atoms with Gasteiger partial charge in [-0.2, -0.15) is 0 Å². The van der Waals surface area contributed by atoms with Crippen molar-refractivity contribution in [3.63, 3.8) is 0 Å². The number of fused-ring (bicyclic) bond motifs is 4. The van der Waals surface area contributed by atoms with Gasteiger partial charge in [0, 0.05) is 18.3 Å². The van der Waals surface area contributed by atoms with Crippen LogP contribution in [0.3, 0.4) is 0 Å². The molecule has 5 atom stereocenters. The van der Waals surface area contributed by atoms with Gasteiger partial charge in [0.15, 0.2) is 0 Å². The molecule has 0 aromatic heterocycles. The second kappa shape index (κ2) is 8.63. The third-order valence-electron chi connectivity index (χ3n) is 8.51. The molecule has 172 valence electrons. The zero-order valence-corrected chi connectivity index (χ0v) is 20.9. The average molecular weight is 466 g/mol. The lowest BCUT2D eigenvalue weighted by Crippen LogP contribution is -2.36. The van der Waals surface area contributed by atoms with Gasteiger partial charge in [-0.1, -0.05) is 79.3 Å². The second-order valence-electron chi connectivity index (χ2n) is 10.1. The molecule has 5 unspecified atom stereocenters. The summed E-state index contributed by atoms with van der Waals surface area (Å²) in [5.41, 5.74) is 3.29. The van der Waals surface area contributed by atoms with E-state index in [1.807, 2.05) is 12.2 Å². The van der Waals surface area contributed by atoms with Gasteiger partial charge in [-0.15, -0.1) is 0 Å². The van der Waals surface area contributed by atoms with Crippen molar-refractivity contribution >= 4 is 24.4 Å². The van der Waals surface area contributed by atoms with Crippen LogP contribution in [0.1, 0.15) is 39.0 Å². The molecule has 1 N–H and O–H groups in total. The molecule has 34 heavy (non-hydrogen) atoms. The molecule has 0 aliphatic heterocycles. The van der Waals surface area contributed by atoms with Gasteiger partial charge in [0.25, 0.3) is 0 Å². The van der Waals surface area contributed by atoms with E-state index >= 15 is 0 Å². The minimum absolute atomic E-state index is 0.547. The molecule has 0 amide bonds.